The predicted octanol–water partition coefficient (Wildman–Crippen LogP) is 3.48. The van der Waals surface area contributed by atoms with Gasteiger partial charge in [0.05, 0.1) is 5.60 Å². The Labute approximate surface area is 145 Å². The first-order chi connectivity index (χ1) is 11.0. The molecule has 0 aliphatic heterocycles. The second kappa shape index (κ2) is 10.1. The van der Waals surface area contributed by atoms with Crippen molar-refractivity contribution in [2.24, 2.45) is 0 Å². The van der Waals surface area contributed by atoms with E-state index in [0.29, 0.717) is 6.42 Å². The second-order valence-electron chi connectivity index (χ2n) is 6.44. The fourth-order valence-electron chi connectivity index (χ4n) is 2.11. The van der Waals surface area contributed by atoms with E-state index in [1.165, 1.54) is 19.9 Å². The highest BCUT2D eigenvalue weighted by Crippen LogP contribution is 2.21. The number of ether oxygens (including phenoxy) is 2. The van der Waals surface area contributed by atoms with Crippen molar-refractivity contribution < 1.29 is 24.2 Å². The van der Waals surface area contributed by atoms with Crippen molar-refractivity contribution in [3.63, 3.8) is 0 Å². The SMILES string of the molecule is C=C[C@](C)(O)C[C@@H](/C=C(\C)[C@@H](CC=C(C)C)OC(C)=O)OC(C)=O. The summed E-state index contributed by atoms with van der Waals surface area (Å²) in [6.45, 7) is 13.6. The molecule has 5 heteroatoms. The molecule has 1 N–H and O–H groups in total. The zero-order chi connectivity index (χ0) is 18.9. The van der Waals surface area contributed by atoms with Crippen LogP contribution in [0.25, 0.3) is 0 Å². The van der Waals surface area contributed by atoms with Crippen molar-refractivity contribution in [3.05, 3.63) is 36.0 Å². The van der Waals surface area contributed by atoms with Gasteiger partial charge in [0.15, 0.2) is 0 Å². The van der Waals surface area contributed by atoms with E-state index in [2.05, 4.69) is 6.58 Å². The molecule has 0 spiro atoms. The van der Waals surface area contributed by atoms with E-state index in [-0.39, 0.29) is 12.4 Å². The molecule has 0 aromatic heterocycles. The Balaban J connectivity index is 5.41. The summed E-state index contributed by atoms with van der Waals surface area (Å²) in [5.74, 6) is -0.825. The van der Waals surface area contributed by atoms with Crippen LogP contribution in [0.4, 0.5) is 0 Å². The number of allylic oxidation sites excluding steroid dienone is 1. The lowest BCUT2D eigenvalue weighted by Crippen LogP contribution is -2.30. The van der Waals surface area contributed by atoms with Gasteiger partial charge in [-0.2, -0.15) is 0 Å². The normalized spacial score (nSPS) is 16.4. The molecular weight excluding hydrogens is 308 g/mol. The van der Waals surface area contributed by atoms with Crippen molar-refractivity contribution in [1.82, 2.24) is 0 Å². The van der Waals surface area contributed by atoms with Crippen LogP contribution in [0.2, 0.25) is 0 Å². The number of aliphatic hydroxyl groups is 1. The molecule has 0 rings (SSSR count). The highest BCUT2D eigenvalue weighted by atomic mass is 16.5. The number of rotatable bonds is 9. The Morgan fingerprint density at radius 2 is 1.67 bits per heavy atom. The fraction of sp³-hybridized carbons (Fsp3) is 0.579. The van der Waals surface area contributed by atoms with E-state index in [0.717, 1.165) is 11.1 Å². The molecule has 0 amide bonds. The summed E-state index contributed by atoms with van der Waals surface area (Å²) in [6.07, 6.45) is 4.72. The number of carbonyl (C=O) groups is 2. The Hall–Kier alpha value is -1.88. The summed E-state index contributed by atoms with van der Waals surface area (Å²) in [7, 11) is 0. The Bertz CT molecular complexity index is 510. The van der Waals surface area contributed by atoms with Crippen LogP contribution in [0.5, 0.6) is 0 Å². The van der Waals surface area contributed by atoms with Crippen molar-refractivity contribution in [2.45, 2.75) is 72.2 Å². The molecular formula is C19H30O5. The number of hydrogen-bond acceptors (Lipinski definition) is 5. The van der Waals surface area contributed by atoms with Crippen LogP contribution in [0.15, 0.2) is 36.0 Å². The van der Waals surface area contributed by atoms with Crippen molar-refractivity contribution in [2.75, 3.05) is 0 Å². The Morgan fingerprint density at radius 3 is 2.08 bits per heavy atom. The number of esters is 2. The van der Waals surface area contributed by atoms with Gasteiger partial charge in [0.25, 0.3) is 0 Å². The standard InChI is InChI=1S/C19H30O5/c1-8-19(7,22)12-17(23-15(5)20)11-14(4)18(24-16(6)21)10-9-13(2)3/h8-9,11,17-18,22H,1,10,12H2,2-7H3/b14-11+/t17-,18-,19+/m1/s1. The van der Waals surface area contributed by atoms with Crippen LogP contribution < -0.4 is 0 Å². The first-order valence-corrected chi connectivity index (χ1v) is 7.99. The minimum absolute atomic E-state index is 0.170. The van der Waals surface area contributed by atoms with Gasteiger partial charge in [-0.25, -0.2) is 0 Å². The minimum atomic E-state index is -1.17. The highest BCUT2D eigenvalue weighted by molar-refractivity contribution is 5.67. The third-order valence-electron chi connectivity index (χ3n) is 3.38. The average Bonchev–Trinajstić information content (AvgIpc) is 2.41. The summed E-state index contributed by atoms with van der Waals surface area (Å²) >= 11 is 0. The zero-order valence-corrected chi connectivity index (χ0v) is 15.6. The summed E-state index contributed by atoms with van der Waals surface area (Å²) in [5, 5.41) is 10.1. The van der Waals surface area contributed by atoms with Crippen LogP contribution in [-0.2, 0) is 19.1 Å². The van der Waals surface area contributed by atoms with E-state index in [1.807, 2.05) is 26.8 Å². The third-order valence-corrected chi connectivity index (χ3v) is 3.38. The van der Waals surface area contributed by atoms with Crippen molar-refractivity contribution in [1.29, 1.82) is 0 Å². The second-order valence-corrected chi connectivity index (χ2v) is 6.44. The van der Waals surface area contributed by atoms with Gasteiger partial charge in [-0.3, -0.25) is 9.59 Å². The van der Waals surface area contributed by atoms with E-state index >= 15 is 0 Å². The Kier molecular flexibility index (Phi) is 9.29. The van der Waals surface area contributed by atoms with E-state index in [1.54, 1.807) is 13.0 Å². The zero-order valence-electron chi connectivity index (χ0n) is 15.6. The predicted molar refractivity (Wildman–Crippen MR) is 94.4 cm³/mol. The van der Waals surface area contributed by atoms with Gasteiger partial charge in [0.2, 0.25) is 0 Å². The van der Waals surface area contributed by atoms with Gasteiger partial charge in [0.1, 0.15) is 12.2 Å². The van der Waals surface area contributed by atoms with E-state index < -0.39 is 23.8 Å². The monoisotopic (exact) mass is 338 g/mol. The topological polar surface area (TPSA) is 72.8 Å². The molecule has 136 valence electrons. The molecule has 0 radical (unpaired) electrons. The average molecular weight is 338 g/mol. The molecule has 0 saturated carbocycles. The molecule has 0 aliphatic carbocycles. The molecule has 0 unspecified atom stereocenters. The molecule has 0 fully saturated rings. The molecule has 0 saturated heterocycles. The van der Waals surface area contributed by atoms with Crippen molar-refractivity contribution >= 4 is 11.9 Å². The van der Waals surface area contributed by atoms with Gasteiger partial charge in [-0.05, 0) is 39.3 Å². The maximum atomic E-state index is 11.3. The minimum Gasteiger partial charge on any atom is -0.458 e. The maximum absolute atomic E-state index is 11.3. The molecule has 0 aliphatic rings. The largest absolute Gasteiger partial charge is 0.458 e. The van der Waals surface area contributed by atoms with Gasteiger partial charge in [-0.1, -0.05) is 17.7 Å². The molecule has 5 nitrogen and oxygen atoms in total. The van der Waals surface area contributed by atoms with E-state index in [4.69, 9.17) is 9.47 Å². The maximum Gasteiger partial charge on any atom is 0.303 e. The molecule has 0 aromatic rings. The summed E-state index contributed by atoms with van der Waals surface area (Å²) in [4.78, 5) is 22.7. The molecule has 24 heavy (non-hydrogen) atoms. The van der Waals surface area contributed by atoms with Gasteiger partial charge in [-0.15, -0.1) is 6.58 Å². The first kappa shape index (κ1) is 22.1. The van der Waals surface area contributed by atoms with Crippen LogP contribution in [0, 0.1) is 0 Å². The molecule has 0 heterocycles. The first-order valence-electron chi connectivity index (χ1n) is 7.99. The lowest BCUT2D eigenvalue weighted by Gasteiger charge is -2.25. The van der Waals surface area contributed by atoms with Crippen LogP contribution in [0.3, 0.4) is 0 Å². The van der Waals surface area contributed by atoms with Crippen LogP contribution in [-0.4, -0.2) is 34.9 Å². The van der Waals surface area contributed by atoms with Gasteiger partial charge in [0, 0.05) is 26.7 Å². The highest BCUT2D eigenvalue weighted by Gasteiger charge is 2.24. The van der Waals surface area contributed by atoms with Gasteiger partial charge < -0.3 is 14.6 Å². The number of hydrogen-bond donors (Lipinski definition) is 1. The van der Waals surface area contributed by atoms with Crippen molar-refractivity contribution in [3.8, 4) is 0 Å². The third kappa shape index (κ3) is 10.0. The smallest absolute Gasteiger partial charge is 0.303 e. The molecule has 0 aromatic carbocycles. The quantitative estimate of drug-likeness (QED) is 0.515. The fourth-order valence-corrected chi connectivity index (χ4v) is 2.11. The van der Waals surface area contributed by atoms with E-state index in [9.17, 15) is 14.7 Å². The summed E-state index contributed by atoms with van der Waals surface area (Å²) in [6, 6.07) is 0. The Morgan fingerprint density at radius 1 is 1.12 bits per heavy atom. The van der Waals surface area contributed by atoms with Crippen LogP contribution in [0.1, 0.15) is 54.4 Å². The summed E-state index contributed by atoms with van der Waals surface area (Å²) < 4.78 is 10.6. The van der Waals surface area contributed by atoms with Gasteiger partial charge >= 0.3 is 11.9 Å². The lowest BCUT2D eigenvalue weighted by molar-refractivity contribution is -0.147. The van der Waals surface area contributed by atoms with Crippen LogP contribution >= 0.6 is 0 Å². The molecule has 3 atom stereocenters. The lowest BCUT2D eigenvalue weighted by atomic mass is 9.96. The molecule has 0 bridgehead atoms. The number of carbonyl (C=O) groups excluding carboxylic acids is 2. The summed E-state index contributed by atoms with van der Waals surface area (Å²) in [5.41, 5.74) is 0.702.